The second-order valence-electron chi connectivity index (χ2n) is 8.80. The summed E-state index contributed by atoms with van der Waals surface area (Å²) >= 11 is 0. The molecule has 3 aliphatic rings. The Morgan fingerprint density at radius 2 is 1.80 bits per heavy atom. The first kappa shape index (κ1) is 16.6. The molecule has 2 amide bonds. The number of nitrogens with zero attached hydrogens (tertiary/aromatic N) is 1. The summed E-state index contributed by atoms with van der Waals surface area (Å²) in [5.41, 5.74) is 2.67. The van der Waals surface area contributed by atoms with Gasteiger partial charge in [-0.25, -0.2) is 0 Å². The summed E-state index contributed by atoms with van der Waals surface area (Å²) in [4.78, 5) is 26.7. The zero-order chi connectivity index (χ0) is 17.6. The van der Waals surface area contributed by atoms with Crippen molar-refractivity contribution >= 4 is 11.8 Å². The molecule has 1 aromatic rings. The van der Waals surface area contributed by atoms with E-state index in [2.05, 4.69) is 43.4 Å². The summed E-state index contributed by atoms with van der Waals surface area (Å²) in [5.74, 6) is 0.623. The van der Waals surface area contributed by atoms with Gasteiger partial charge in [-0.1, -0.05) is 24.3 Å². The van der Waals surface area contributed by atoms with Gasteiger partial charge in [-0.3, -0.25) is 9.59 Å². The van der Waals surface area contributed by atoms with E-state index in [-0.39, 0.29) is 23.3 Å². The lowest BCUT2D eigenvalue weighted by molar-refractivity contribution is -0.129. The molecule has 1 N–H and O–H groups in total. The second kappa shape index (κ2) is 6.15. The standard InChI is InChI=1S/C21H28N2O2/c1-21(2,12-14-9-15-5-3-4-6-16(15)10-14)22-20(25)17-11-19(24)23(13-17)18-7-8-18/h3-6,14,17-18H,7-13H2,1-2H3,(H,22,25)/t17-/m0/s1. The van der Waals surface area contributed by atoms with Crippen molar-refractivity contribution in [1.29, 1.82) is 0 Å². The number of hydrogen-bond donors (Lipinski definition) is 1. The Hall–Kier alpha value is -1.84. The molecule has 134 valence electrons. The van der Waals surface area contributed by atoms with Gasteiger partial charge in [-0.05, 0) is 63.0 Å². The summed E-state index contributed by atoms with van der Waals surface area (Å²) in [6.45, 7) is 4.84. The highest BCUT2D eigenvalue weighted by Crippen LogP contribution is 2.34. The van der Waals surface area contributed by atoms with E-state index in [9.17, 15) is 9.59 Å². The predicted octanol–water partition coefficient (Wildman–Crippen LogP) is 2.70. The molecular weight excluding hydrogens is 312 g/mol. The lowest BCUT2D eigenvalue weighted by atomic mass is 9.88. The van der Waals surface area contributed by atoms with Gasteiger partial charge in [0.1, 0.15) is 0 Å². The number of benzene rings is 1. The van der Waals surface area contributed by atoms with Gasteiger partial charge in [-0.15, -0.1) is 0 Å². The molecule has 0 spiro atoms. The van der Waals surface area contributed by atoms with Crippen LogP contribution in [0.15, 0.2) is 24.3 Å². The van der Waals surface area contributed by atoms with Crippen molar-refractivity contribution in [2.75, 3.05) is 6.54 Å². The van der Waals surface area contributed by atoms with Gasteiger partial charge in [0.15, 0.2) is 0 Å². The fourth-order valence-corrected chi connectivity index (χ4v) is 4.65. The lowest BCUT2D eigenvalue weighted by Crippen LogP contribution is -2.47. The number of hydrogen-bond acceptors (Lipinski definition) is 2. The summed E-state index contributed by atoms with van der Waals surface area (Å²) in [6.07, 6.45) is 5.77. The molecule has 0 unspecified atom stereocenters. The van der Waals surface area contributed by atoms with Crippen LogP contribution in [0.25, 0.3) is 0 Å². The number of fused-ring (bicyclic) bond motifs is 1. The first-order valence-electron chi connectivity index (χ1n) is 9.59. The number of amides is 2. The van der Waals surface area contributed by atoms with E-state index in [0.29, 0.717) is 24.9 Å². The molecule has 4 nitrogen and oxygen atoms in total. The Labute approximate surface area is 150 Å². The fraction of sp³-hybridized carbons (Fsp3) is 0.619. The topological polar surface area (TPSA) is 49.4 Å². The number of likely N-dealkylation sites (tertiary alicyclic amines) is 1. The molecular formula is C21H28N2O2. The van der Waals surface area contributed by atoms with Crippen LogP contribution in [0.4, 0.5) is 0 Å². The van der Waals surface area contributed by atoms with E-state index in [1.54, 1.807) is 0 Å². The van der Waals surface area contributed by atoms with Crippen molar-refractivity contribution in [1.82, 2.24) is 10.2 Å². The monoisotopic (exact) mass is 340 g/mol. The quantitative estimate of drug-likeness (QED) is 0.896. The predicted molar refractivity (Wildman–Crippen MR) is 97.0 cm³/mol. The highest BCUT2D eigenvalue weighted by molar-refractivity contribution is 5.89. The van der Waals surface area contributed by atoms with Gasteiger partial charge in [0.25, 0.3) is 0 Å². The maximum absolute atomic E-state index is 12.7. The van der Waals surface area contributed by atoms with Gasteiger partial charge in [0.05, 0.1) is 5.92 Å². The lowest BCUT2D eigenvalue weighted by Gasteiger charge is -2.30. The van der Waals surface area contributed by atoms with Crippen molar-refractivity contribution < 1.29 is 9.59 Å². The molecule has 0 aromatic heterocycles. The first-order valence-corrected chi connectivity index (χ1v) is 9.59. The summed E-state index contributed by atoms with van der Waals surface area (Å²) in [5, 5.41) is 3.23. The summed E-state index contributed by atoms with van der Waals surface area (Å²) < 4.78 is 0. The van der Waals surface area contributed by atoms with Crippen LogP contribution in [0, 0.1) is 11.8 Å². The number of nitrogens with one attached hydrogen (secondary N) is 1. The molecule has 25 heavy (non-hydrogen) atoms. The third-order valence-electron chi connectivity index (χ3n) is 5.91. The van der Waals surface area contributed by atoms with Crippen molar-refractivity contribution in [2.24, 2.45) is 11.8 Å². The normalized spacial score (nSPS) is 23.8. The molecule has 1 aliphatic heterocycles. The highest BCUT2D eigenvalue weighted by Gasteiger charge is 2.42. The Morgan fingerprint density at radius 3 is 2.40 bits per heavy atom. The van der Waals surface area contributed by atoms with Crippen LogP contribution in [-0.2, 0) is 22.4 Å². The van der Waals surface area contributed by atoms with E-state index >= 15 is 0 Å². The van der Waals surface area contributed by atoms with Crippen LogP contribution < -0.4 is 5.32 Å². The number of carbonyl (C=O) groups is 2. The van der Waals surface area contributed by atoms with Crippen LogP contribution in [0.3, 0.4) is 0 Å². The van der Waals surface area contributed by atoms with Crippen LogP contribution in [-0.4, -0.2) is 34.8 Å². The van der Waals surface area contributed by atoms with E-state index in [1.165, 1.54) is 11.1 Å². The van der Waals surface area contributed by atoms with E-state index in [0.717, 1.165) is 32.1 Å². The van der Waals surface area contributed by atoms with Crippen molar-refractivity contribution in [2.45, 2.75) is 64.0 Å². The van der Waals surface area contributed by atoms with Gasteiger partial charge >= 0.3 is 0 Å². The number of carbonyl (C=O) groups excluding carboxylic acids is 2. The highest BCUT2D eigenvalue weighted by atomic mass is 16.2. The minimum Gasteiger partial charge on any atom is -0.351 e. The SMILES string of the molecule is CC(C)(CC1Cc2ccccc2C1)NC(=O)[C@H]1CC(=O)N(C2CC2)C1. The van der Waals surface area contributed by atoms with Crippen molar-refractivity contribution in [3.8, 4) is 0 Å². The Morgan fingerprint density at radius 1 is 1.16 bits per heavy atom. The van der Waals surface area contributed by atoms with Crippen LogP contribution in [0.1, 0.15) is 50.7 Å². The van der Waals surface area contributed by atoms with Crippen molar-refractivity contribution in [3.63, 3.8) is 0 Å². The zero-order valence-corrected chi connectivity index (χ0v) is 15.3. The van der Waals surface area contributed by atoms with E-state index < -0.39 is 0 Å². The van der Waals surface area contributed by atoms with Gasteiger partial charge in [0.2, 0.25) is 11.8 Å². The third kappa shape index (κ3) is 3.58. The third-order valence-corrected chi connectivity index (χ3v) is 5.91. The summed E-state index contributed by atoms with van der Waals surface area (Å²) in [7, 11) is 0. The number of rotatable bonds is 5. The van der Waals surface area contributed by atoms with Crippen LogP contribution in [0.2, 0.25) is 0 Å². The Kier molecular flexibility index (Phi) is 4.09. The Bertz CT molecular complexity index is 668. The molecule has 0 bridgehead atoms. The maximum atomic E-state index is 12.7. The molecule has 1 atom stereocenters. The van der Waals surface area contributed by atoms with Gasteiger partial charge in [0, 0.05) is 24.5 Å². The molecule has 1 heterocycles. The largest absolute Gasteiger partial charge is 0.351 e. The zero-order valence-electron chi connectivity index (χ0n) is 15.3. The summed E-state index contributed by atoms with van der Waals surface area (Å²) in [6, 6.07) is 9.07. The van der Waals surface area contributed by atoms with Gasteiger partial charge in [-0.2, -0.15) is 0 Å². The van der Waals surface area contributed by atoms with Gasteiger partial charge < -0.3 is 10.2 Å². The minimum absolute atomic E-state index is 0.0528. The van der Waals surface area contributed by atoms with E-state index in [1.807, 2.05) is 4.90 Å². The van der Waals surface area contributed by atoms with Crippen LogP contribution >= 0.6 is 0 Å². The smallest absolute Gasteiger partial charge is 0.225 e. The molecule has 1 saturated carbocycles. The second-order valence-corrected chi connectivity index (χ2v) is 8.80. The molecule has 4 heteroatoms. The minimum atomic E-state index is -0.236. The molecule has 2 fully saturated rings. The molecule has 2 aliphatic carbocycles. The molecule has 1 saturated heterocycles. The average molecular weight is 340 g/mol. The maximum Gasteiger partial charge on any atom is 0.225 e. The average Bonchev–Trinajstić information content (AvgIpc) is 3.18. The molecule has 4 rings (SSSR count). The van der Waals surface area contributed by atoms with Crippen LogP contribution in [0.5, 0.6) is 0 Å². The van der Waals surface area contributed by atoms with E-state index in [4.69, 9.17) is 0 Å². The first-order chi connectivity index (χ1) is 11.9. The van der Waals surface area contributed by atoms with Crippen molar-refractivity contribution in [3.05, 3.63) is 35.4 Å². The molecule has 0 radical (unpaired) electrons. The fourth-order valence-electron chi connectivity index (χ4n) is 4.65. The Balaban J connectivity index is 1.32. The molecule has 1 aromatic carbocycles.